The molecule has 0 amide bonds. The van der Waals surface area contributed by atoms with Crippen LogP contribution in [0.25, 0.3) is 11.4 Å². The largest absolute Gasteiger partial charge is 0.339 e. The molecule has 3 aromatic rings. The maximum absolute atomic E-state index is 13.2. The molecule has 1 atom stereocenters. The molecule has 29 heavy (non-hydrogen) atoms. The van der Waals surface area contributed by atoms with Gasteiger partial charge < -0.3 is 4.52 Å². The summed E-state index contributed by atoms with van der Waals surface area (Å²) in [5.41, 5.74) is 1.17. The average Bonchev–Trinajstić information content (AvgIpc) is 3.21. The predicted molar refractivity (Wildman–Crippen MR) is 107 cm³/mol. The van der Waals surface area contributed by atoms with E-state index in [0.29, 0.717) is 40.8 Å². The van der Waals surface area contributed by atoms with Crippen LogP contribution in [0.15, 0.2) is 51.9 Å². The molecule has 1 aromatic heterocycles. The minimum absolute atomic E-state index is 0.209. The highest BCUT2D eigenvalue weighted by atomic mass is 35.5. The second kappa shape index (κ2) is 7.85. The third-order valence-corrected chi connectivity index (χ3v) is 7.53. The van der Waals surface area contributed by atoms with Gasteiger partial charge in [0.2, 0.25) is 21.7 Å². The first kappa shape index (κ1) is 20.0. The maximum Gasteiger partial charge on any atom is 0.243 e. The fourth-order valence-electron chi connectivity index (χ4n) is 3.49. The van der Waals surface area contributed by atoms with Crippen molar-refractivity contribution in [2.45, 2.75) is 30.6 Å². The molecule has 0 N–H and O–H groups in total. The van der Waals surface area contributed by atoms with Crippen molar-refractivity contribution >= 4 is 21.6 Å². The lowest BCUT2D eigenvalue weighted by atomic mass is 10.00. The Balaban J connectivity index is 1.57. The van der Waals surface area contributed by atoms with Crippen LogP contribution >= 0.6 is 11.6 Å². The van der Waals surface area contributed by atoms with Crippen molar-refractivity contribution < 1.29 is 17.3 Å². The van der Waals surface area contributed by atoms with E-state index >= 15 is 0 Å². The van der Waals surface area contributed by atoms with Crippen LogP contribution in [0.3, 0.4) is 0 Å². The summed E-state index contributed by atoms with van der Waals surface area (Å²) in [6.45, 7) is 2.37. The molecule has 2 aromatic carbocycles. The van der Waals surface area contributed by atoms with Crippen LogP contribution in [0.4, 0.5) is 4.39 Å². The van der Waals surface area contributed by atoms with E-state index < -0.39 is 10.0 Å². The van der Waals surface area contributed by atoms with Crippen molar-refractivity contribution in [1.29, 1.82) is 0 Å². The van der Waals surface area contributed by atoms with Gasteiger partial charge in [0, 0.05) is 23.7 Å². The Morgan fingerprint density at radius 2 is 1.97 bits per heavy atom. The van der Waals surface area contributed by atoms with E-state index in [1.165, 1.54) is 16.4 Å². The molecule has 1 fully saturated rings. The van der Waals surface area contributed by atoms with Crippen LogP contribution < -0.4 is 0 Å². The summed E-state index contributed by atoms with van der Waals surface area (Å²) in [7, 11) is -3.69. The van der Waals surface area contributed by atoms with Crippen LogP contribution in [-0.4, -0.2) is 36.0 Å². The van der Waals surface area contributed by atoms with Gasteiger partial charge in [-0.1, -0.05) is 22.8 Å². The van der Waals surface area contributed by atoms with E-state index in [1.54, 1.807) is 37.3 Å². The van der Waals surface area contributed by atoms with Gasteiger partial charge >= 0.3 is 0 Å². The van der Waals surface area contributed by atoms with Crippen molar-refractivity contribution in [3.05, 3.63) is 64.8 Å². The van der Waals surface area contributed by atoms with Crippen LogP contribution in [0.5, 0.6) is 0 Å². The lowest BCUT2D eigenvalue weighted by Gasteiger charge is -2.30. The summed E-state index contributed by atoms with van der Waals surface area (Å²) in [6, 6.07) is 10.7. The first-order valence-electron chi connectivity index (χ1n) is 9.21. The summed E-state index contributed by atoms with van der Waals surface area (Å²) in [4.78, 5) is 4.62. The molecule has 4 rings (SSSR count). The number of hydrogen-bond acceptors (Lipinski definition) is 5. The number of aromatic nitrogens is 2. The van der Waals surface area contributed by atoms with E-state index in [0.717, 1.165) is 6.42 Å². The van der Waals surface area contributed by atoms with Crippen molar-refractivity contribution in [3.63, 3.8) is 0 Å². The lowest BCUT2D eigenvalue weighted by Crippen LogP contribution is -2.39. The Bertz CT molecular complexity index is 1130. The van der Waals surface area contributed by atoms with E-state index in [1.807, 2.05) is 0 Å². The van der Waals surface area contributed by atoms with Crippen LogP contribution in [0.2, 0.25) is 5.02 Å². The van der Waals surface area contributed by atoms with Gasteiger partial charge in [-0.3, -0.25) is 0 Å². The highest BCUT2D eigenvalue weighted by molar-refractivity contribution is 7.89. The fourth-order valence-corrected chi connectivity index (χ4v) is 5.49. The first-order valence-corrected chi connectivity index (χ1v) is 11.0. The van der Waals surface area contributed by atoms with Gasteiger partial charge in [0.05, 0.1) is 10.8 Å². The number of benzene rings is 2. The molecule has 0 radical (unpaired) electrons. The standard InChI is InChI=1S/C20H19ClFN3O3S/c1-13-17(21)5-2-6-18(13)29(26,27)25-11-3-4-15(12-25)20-23-19(24-28-20)14-7-9-16(22)10-8-14/h2,5-10,15H,3-4,11-12H2,1H3. The Hall–Kier alpha value is -2.29. The van der Waals surface area contributed by atoms with Gasteiger partial charge in [-0.25, -0.2) is 12.8 Å². The SMILES string of the molecule is Cc1c(Cl)cccc1S(=O)(=O)N1CCCC(c2nc(-c3ccc(F)cc3)no2)C1. The van der Waals surface area contributed by atoms with Crippen molar-refractivity contribution in [2.75, 3.05) is 13.1 Å². The van der Waals surface area contributed by atoms with Crippen LogP contribution in [0, 0.1) is 12.7 Å². The molecule has 0 aliphatic carbocycles. The van der Waals surface area contributed by atoms with Gasteiger partial charge in [-0.05, 0) is 61.7 Å². The zero-order valence-corrected chi connectivity index (χ0v) is 17.3. The van der Waals surface area contributed by atoms with E-state index in [4.69, 9.17) is 16.1 Å². The van der Waals surface area contributed by atoms with Crippen molar-refractivity contribution in [1.82, 2.24) is 14.4 Å². The second-order valence-corrected chi connectivity index (χ2v) is 9.34. The molecule has 9 heteroatoms. The number of piperidine rings is 1. The Morgan fingerprint density at radius 1 is 1.21 bits per heavy atom. The molecule has 6 nitrogen and oxygen atoms in total. The fraction of sp³-hybridized carbons (Fsp3) is 0.300. The van der Waals surface area contributed by atoms with Crippen LogP contribution in [-0.2, 0) is 10.0 Å². The Morgan fingerprint density at radius 3 is 2.72 bits per heavy atom. The third-order valence-electron chi connectivity index (χ3n) is 5.11. The minimum Gasteiger partial charge on any atom is -0.339 e. The van der Waals surface area contributed by atoms with Crippen LogP contribution in [0.1, 0.15) is 30.2 Å². The number of nitrogens with zero attached hydrogens (tertiary/aromatic N) is 3. The first-order chi connectivity index (χ1) is 13.9. The number of sulfonamides is 1. The molecule has 2 heterocycles. The molecule has 152 valence electrons. The highest BCUT2D eigenvalue weighted by Gasteiger charge is 2.34. The molecule has 0 bridgehead atoms. The maximum atomic E-state index is 13.2. The third kappa shape index (κ3) is 3.92. The zero-order valence-electron chi connectivity index (χ0n) is 15.7. The quantitative estimate of drug-likeness (QED) is 0.606. The lowest BCUT2D eigenvalue weighted by molar-refractivity contribution is 0.265. The Labute approximate surface area is 173 Å². The van der Waals surface area contributed by atoms with Crippen molar-refractivity contribution in [3.8, 4) is 11.4 Å². The molecular formula is C20H19ClFN3O3S. The molecular weight excluding hydrogens is 417 g/mol. The highest BCUT2D eigenvalue weighted by Crippen LogP contribution is 2.32. The normalized spacial score (nSPS) is 18.1. The topological polar surface area (TPSA) is 76.3 Å². The summed E-state index contributed by atoms with van der Waals surface area (Å²) < 4.78 is 46.3. The van der Waals surface area contributed by atoms with E-state index in [9.17, 15) is 12.8 Å². The molecule has 1 saturated heterocycles. The van der Waals surface area contributed by atoms with E-state index in [2.05, 4.69) is 10.1 Å². The van der Waals surface area contributed by atoms with Gasteiger partial charge in [-0.2, -0.15) is 9.29 Å². The van der Waals surface area contributed by atoms with Gasteiger partial charge in [-0.15, -0.1) is 0 Å². The van der Waals surface area contributed by atoms with Gasteiger partial charge in [0.15, 0.2) is 0 Å². The summed E-state index contributed by atoms with van der Waals surface area (Å²) in [5.74, 6) is 0.180. The molecule has 1 aliphatic heterocycles. The second-order valence-electron chi connectivity index (χ2n) is 7.03. The molecule has 0 spiro atoms. The van der Waals surface area contributed by atoms with Crippen molar-refractivity contribution in [2.24, 2.45) is 0 Å². The zero-order chi connectivity index (χ0) is 20.6. The van der Waals surface area contributed by atoms with Gasteiger partial charge in [0.25, 0.3) is 0 Å². The predicted octanol–water partition coefficient (Wildman–Crippen LogP) is 4.41. The number of hydrogen-bond donors (Lipinski definition) is 0. The number of halogens is 2. The summed E-state index contributed by atoms with van der Waals surface area (Å²) in [5, 5.41) is 4.39. The summed E-state index contributed by atoms with van der Waals surface area (Å²) in [6.07, 6.45) is 1.42. The van der Waals surface area contributed by atoms with Gasteiger partial charge in [0.1, 0.15) is 5.82 Å². The molecule has 1 unspecified atom stereocenters. The number of rotatable bonds is 4. The average molecular weight is 436 g/mol. The smallest absolute Gasteiger partial charge is 0.243 e. The summed E-state index contributed by atoms with van der Waals surface area (Å²) >= 11 is 6.11. The monoisotopic (exact) mass is 435 g/mol. The minimum atomic E-state index is -3.69. The molecule has 0 saturated carbocycles. The molecule has 1 aliphatic rings. The van der Waals surface area contributed by atoms with E-state index in [-0.39, 0.29) is 23.2 Å². The Kier molecular flexibility index (Phi) is 5.42.